The summed E-state index contributed by atoms with van der Waals surface area (Å²) >= 11 is 5.61. The van der Waals surface area contributed by atoms with Gasteiger partial charge in [-0.15, -0.1) is 11.6 Å². The van der Waals surface area contributed by atoms with Gasteiger partial charge in [0, 0.05) is 24.2 Å². The molecule has 0 saturated heterocycles. The van der Waals surface area contributed by atoms with E-state index in [1.807, 2.05) is 0 Å². The van der Waals surface area contributed by atoms with Gasteiger partial charge in [0.05, 0.1) is 6.42 Å². The molecule has 0 fully saturated rings. The van der Waals surface area contributed by atoms with Crippen molar-refractivity contribution in [3.8, 4) is 0 Å². The zero-order chi connectivity index (χ0) is 16.7. The number of carbonyl (C=O) groups is 2. The second-order valence-corrected chi connectivity index (χ2v) is 6.96. The molecule has 1 N–H and O–H groups in total. The smallest absolute Gasteiger partial charge is 0.333 e. The van der Waals surface area contributed by atoms with Crippen LogP contribution in [0.4, 0.5) is 0 Å². The van der Waals surface area contributed by atoms with Gasteiger partial charge in [-0.3, -0.25) is 4.79 Å². The number of carbonyl (C=O) groups excluding carboxylic acids is 2. The van der Waals surface area contributed by atoms with Gasteiger partial charge in [-0.25, -0.2) is 4.79 Å². The van der Waals surface area contributed by atoms with Gasteiger partial charge < -0.3 is 14.8 Å². The molecule has 0 aromatic carbocycles. The third kappa shape index (κ3) is 12.2. The Morgan fingerprint density at radius 1 is 1.05 bits per heavy atom. The van der Waals surface area contributed by atoms with E-state index in [4.69, 9.17) is 21.1 Å². The van der Waals surface area contributed by atoms with Gasteiger partial charge in [0.15, 0.2) is 0 Å². The average molecular weight is 320 g/mol. The summed E-state index contributed by atoms with van der Waals surface area (Å²) in [6.07, 6.45) is 1.23. The monoisotopic (exact) mass is 319 g/mol. The topological polar surface area (TPSA) is 64.6 Å². The summed E-state index contributed by atoms with van der Waals surface area (Å²) in [6.45, 7) is 11.1. The molecule has 0 atom stereocenters. The molecule has 6 heteroatoms. The number of nitrogens with one attached hydrogen (secondary N) is 1. The van der Waals surface area contributed by atoms with E-state index in [1.165, 1.54) is 6.08 Å². The lowest BCUT2D eigenvalue weighted by Gasteiger charge is -2.21. The van der Waals surface area contributed by atoms with E-state index in [1.54, 1.807) is 41.5 Å². The van der Waals surface area contributed by atoms with Gasteiger partial charge in [-0.2, -0.15) is 0 Å². The molecule has 0 saturated carbocycles. The van der Waals surface area contributed by atoms with Crippen molar-refractivity contribution < 1.29 is 19.1 Å². The number of halogens is 1. The van der Waals surface area contributed by atoms with Gasteiger partial charge in [0.1, 0.15) is 11.2 Å². The van der Waals surface area contributed by atoms with Crippen molar-refractivity contribution >= 4 is 23.5 Å². The maximum absolute atomic E-state index is 11.8. The highest BCUT2D eigenvalue weighted by molar-refractivity contribution is 6.18. The standard InChI is InChI=1S/C15H26ClNO4/c1-14(2,3)20-12(18)9-11(17-8-7-16)10-13(19)21-15(4,5)6/h9,17H,7-8,10H2,1-6H3. The Balaban J connectivity index is 4.79. The third-order valence-corrected chi connectivity index (χ3v) is 2.09. The Kier molecular flexibility index (Phi) is 7.79. The minimum Gasteiger partial charge on any atom is -0.460 e. The van der Waals surface area contributed by atoms with Crippen LogP contribution >= 0.6 is 11.6 Å². The van der Waals surface area contributed by atoms with Gasteiger partial charge >= 0.3 is 11.9 Å². The fourth-order valence-corrected chi connectivity index (χ4v) is 1.47. The lowest BCUT2D eigenvalue weighted by molar-refractivity contribution is -0.154. The molecule has 0 aliphatic carbocycles. The van der Waals surface area contributed by atoms with Gasteiger partial charge in [-0.05, 0) is 41.5 Å². The molecule has 0 spiro atoms. The molecule has 0 aliphatic heterocycles. The van der Waals surface area contributed by atoms with Gasteiger partial charge in [0.2, 0.25) is 0 Å². The first-order valence-electron chi connectivity index (χ1n) is 6.88. The summed E-state index contributed by atoms with van der Waals surface area (Å²) in [6, 6.07) is 0. The first-order valence-corrected chi connectivity index (χ1v) is 7.41. The Hall–Kier alpha value is -1.23. The second kappa shape index (κ2) is 8.27. The Labute approximate surface area is 132 Å². The van der Waals surface area contributed by atoms with Crippen molar-refractivity contribution in [2.45, 2.75) is 59.2 Å². The van der Waals surface area contributed by atoms with Crippen molar-refractivity contribution in [3.05, 3.63) is 11.8 Å². The lowest BCUT2D eigenvalue weighted by Crippen LogP contribution is -2.28. The molecule has 122 valence electrons. The SMILES string of the molecule is CC(C)(C)OC(=O)C=C(CC(=O)OC(C)(C)C)NCCCl. The number of hydrogen-bond acceptors (Lipinski definition) is 5. The van der Waals surface area contributed by atoms with Crippen LogP contribution < -0.4 is 5.32 Å². The number of ether oxygens (including phenoxy) is 2. The molecular formula is C15H26ClNO4. The number of rotatable bonds is 6. The van der Waals surface area contributed by atoms with Crippen LogP contribution in [-0.4, -0.2) is 35.6 Å². The molecule has 0 rings (SSSR count). The van der Waals surface area contributed by atoms with E-state index in [0.29, 0.717) is 18.1 Å². The number of esters is 2. The molecular weight excluding hydrogens is 294 g/mol. The predicted molar refractivity (Wildman–Crippen MR) is 83.1 cm³/mol. The highest BCUT2D eigenvalue weighted by Crippen LogP contribution is 2.12. The molecule has 0 aromatic heterocycles. The molecule has 0 radical (unpaired) electrons. The maximum Gasteiger partial charge on any atom is 0.333 e. The quantitative estimate of drug-likeness (QED) is 0.463. The van der Waals surface area contributed by atoms with Crippen LogP contribution in [0.3, 0.4) is 0 Å². The molecule has 21 heavy (non-hydrogen) atoms. The third-order valence-electron chi connectivity index (χ3n) is 1.90. The summed E-state index contributed by atoms with van der Waals surface area (Å²) in [7, 11) is 0. The van der Waals surface area contributed by atoms with Crippen LogP contribution in [0.25, 0.3) is 0 Å². The molecule has 0 heterocycles. The van der Waals surface area contributed by atoms with Crippen molar-refractivity contribution in [1.29, 1.82) is 0 Å². The lowest BCUT2D eigenvalue weighted by atomic mass is 10.2. The minimum atomic E-state index is -0.586. The summed E-state index contributed by atoms with van der Waals surface area (Å²) in [5.41, 5.74) is -0.725. The van der Waals surface area contributed by atoms with E-state index in [2.05, 4.69) is 5.32 Å². The van der Waals surface area contributed by atoms with E-state index in [0.717, 1.165) is 0 Å². The van der Waals surface area contributed by atoms with E-state index < -0.39 is 23.1 Å². The first-order chi connectivity index (χ1) is 9.43. The fraction of sp³-hybridized carbons (Fsp3) is 0.733. The molecule has 0 amide bonds. The zero-order valence-corrected chi connectivity index (χ0v) is 14.5. The van der Waals surface area contributed by atoms with E-state index >= 15 is 0 Å². The van der Waals surface area contributed by atoms with Crippen LogP contribution in [0.15, 0.2) is 11.8 Å². The van der Waals surface area contributed by atoms with Crippen LogP contribution in [0.1, 0.15) is 48.0 Å². The van der Waals surface area contributed by atoms with Crippen molar-refractivity contribution in [1.82, 2.24) is 5.32 Å². The number of hydrogen-bond donors (Lipinski definition) is 1. The zero-order valence-electron chi connectivity index (χ0n) is 13.7. The summed E-state index contributed by atoms with van der Waals surface area (Å²) in [5.74, 6) is -0.567. The predicted octanol–water partition coefficient (Wildman–Crippen LogP) is 2.77. The minimum absolute atomic E-state index is 0.0343. The Morgan fingerprint density at radius 2 is 1.57 bits per heavy atom. The Bertz CT molecular complexity index is 391. The van der Waals surface area contributed by atoms with Crippen LogP contribution in [0.5, 0.6) is 0 Å². The largest absolute Gasteiger partial charge is 0.460 e. The first kappa shape index (κ1) is 19.8. The summed E-state index contributed by atoms with van der Waals surface area (Å²) in [5, 5.41) is 2.93. The van der Waals surface area contributed by atoms with Crippen molar-refractivity contribution in [2.24, 2.45) is 0 Å². The van der Waals surface area contributed by atoms with Gasteiger partial charge in [0.25, 0.3) is 0 Å². The van der Waals surface area contributed by atoms with Crippen LogP contribution in [0, 0.1) is 0 Å². The fourth-order valence-electron chi connectivity index (χ4n) is 1.38. The molecule has 0 aliphatic rings. The molecule has 5 nitrogen and oxygen atoms in total. The summed E-state index contributed by atoms with van der Waals surface area (Å²) in [4.78, 5) is 23.6. The average Bonchev–Trinajstić information content (AvgIpc) is 2.20. The van der Waals surface area contributed by atoms with Crippen molar-refractivity contribution in [3.63, 3.8) is 0 Å². The van der Waals surface area contributed by atoms with Crippen LogP contribution in [-0.2, 0) is 19.1 Å². The molecule has 0 bridgehead atoms. The van der Waals surface area contributed by atoms with E-state index in [-0.39, 0.29) is 6.42 Å². The maximum atomic E-state index is 11.8. The summed E-state index contributed by atoms with van der Waals surface area (Å²) < 4.78 is 10.4. The highest BCUT2D eigenvalue weighted by atomic mass is 35.5. The van der Waals surface area contributed by atoms with Crippen molar-refractivity contribution in [2.75, 3.05) is 12.4 Å². The van der Waals surface area contributed by atoms with E-state index in [9.17, 15) is 9.59 Å². The Morgan fingerprint density at radius 3 is 2.00 bits per heavy atom. The van der Waals surface area contributed by atoms with Crippen LogP contribution in [0.2, 0.25) is 0 Å². The number of alkyl halides is 1. The second-order valence-electron chi connectivity index (χ2n) is 6.58. The van der Waals surface area contributed by atoms with Gasteiger partial charge in [-0.1, -0.05) is 0 Å². The highest BCUT2D eigenvalue weighted by Gasteiger charge is 2.19. The normalized spacial score (nSPS) is 12.8. The molecule has 0 unspecified atom stereocenters. The molecule has 0 aromatic rings.